The van der Waals surface area contributed by atoms with E-state index >= 15 is 0 Å². The summed E-state index contributed by atoms with van der Waals surface area (Å²) >= 11 is 0. The highest BCUT2D eigenvalue weighted by Gasteiger charge is 2.27. The van der Waals surface area contributed by atoms with Crippen LogP contribution >= 0.6 is 0 Å². The van der Waals surface area contributed by atoms with Crippen LogP contribution in [0.5, 0.6) is 11.5 Å². The van der Waals surface area contributed by atoms with E-state index in [1.165, 1.54) is 19.2 Å². The number of hydrogen-bond donors (Lipinski definition) is 6. The van der Waals surface area contributed by atoms with E-state index in [9.17, 15) is 36.2 Å². The number of rotatable bonds is 9. The molecule has 266 valence electrons. The van der Waals surface area contributed by atoms with Crippen LogP contribution in [-0.4, -0.2) is 50.2 Å². The fourth-order valence-electron chi connectivity index (χ4n) is 5.92. The number of nitrogens with zero attached hydrogens (tertiary/aromatic N) is 4. The lowest BCUT2D eigenvalue weighted by atomic mass is 10.0. The number of nitrogens with one attached hydrogen (secondary N) is 2. The molecular weight excluding hydrogens is 709 g/mol. The maximum absolute atomic E-state index is 12.1. The fraction of sp³-hybridized carbons (Fsp3) is 0.111. The first-order valence-electron chi connectivity index (χ1n) is 15.6. The van der Waals surface area contributed by atoms with Crippen LogP contribution in [-0.2, 0) is 20.2 Å². The zero-order valence-corrected chi connectivity index (χ0v) is 29.7. The third-order valence-electron chi connectivity index (χ3n) is 8.51. The van der Waals surface area contributed by atoms with Crippen molar-refractivity contribution in [3.8, 4) is 22.6 Å². The summed E-state index contributed by atoms with van der Waals surface area (Å²) in [4.78, 5) is -1.71. The third-order valence-corrected chi connectivity index (χ3v) is 10.3. The number of hydrogen-bond acceptors (Lipinski definition) is 12. The highest BCUT2D eigenvalue weighted by molar-refractivity contribution is 7.87. The van der Waals surface area contributed by atoms with Gasteiger partial charge in [-0.15, -0.1) is 10.2 Å². The maximum atomic E-state index is 12.1. The zero-order valence-electron chi connectivity index (χ0n) is 28.1. The summed E-state index contributed by atoms with van der Waals surface area (Å²) in [6.45, 7) is 3.72. The van der Waals surface area contributed by atoms with E-state index in [0.29, 0.717) is 28.5 Å². The van der Waals surface area contributed by atoms with E-state index in [1.807, 2.05) is 68.4 Å². The second-order valence-electron chi connectivity index (χ2n) is 11.8. The summed E-state index contributed by atoms with van der Waals surface area (Å²) in [5.41, 5.74) is 5.08. The average Bonchev–Trinajstić information content (AvgIpc) is 3.10. The van der Waals surface area contributed by atoms with Crippen molar-refractivity contribution in [3.05, 3.63) is 96.1 Å². The molecule has 0 aliphatic heterocycles. The van der Waals surface area contributed by atoms with Gasteiger partial charge in [-0.25, -0.2) is 0 Å². The molecule has 0 bridgehead atoms. The fourth-order valence-corrected chi connectivity index (χ4v) is 7.44. The second kappa shape index (κ2) is 13.6. The van der Waals surface area contributed by atoms with Gasteiger partial charge in [0.05, 0.1) is 22.4 Å². The first-order valence-corrected chi connectivity index (χ1v) is 18.4. The molecule has 0 aliphatic carbocycles. The molecule has 0 fully saturated rings. The molecule has 0 amide bonds. The Hall–Kier alpha value is -5.94. The van der Waals surface area contributed by atoms with E-state index < -0.39 is 35.8 Å². The lowest BCUT2D eigenvalue weighted by Crippen LogP contribution is -2.08. The molecule has 0 aliphatic rings. The lowest BCUT2D eigenvalue weighted by molar-refractivity contribution is 0.480. The van der Waals surface area contributed by atoms with Crippen molar-refractivity contribution in [2.75, 3.05) is 24.7 Å². The van der Waals surface area contributed by atoms with Crippen LogP contribution in [0.2, 0.25) is 0 Å². The molecule has 6 rings (SSSR count). The van der Waals surface area contributed by atoms with Crippen molar-refractivity contribution in [3.63, 3.8) is 0 Å². The minimum Gasteiger partial charge on any atom is -0.505 e. The van der Waals surface area contributed by atoms with Crippen molar-refractivity contribution in [1.82, 2.24) is 0 Å². The van der Waals surface area contributed by atoms with E-state index in [-0.39, 0.29) is 27.9 Å². The lowest BCUT2D eigenvalue weighted by Gasteiger charge is -2.15. The monoisotopic (exact) mass is 740 g/mol. The van der Waals surface area contributed by atoms with Crippen LogP contribution in [0.4, 0.5) is 34.1 Å². The van der Waals surface area contributed by atoms with Crippen LogP contribution in [0.25, 0.3) is 32.7 Å². The summed E-state index contributed by atoms with van der Waals surface area (Å²) in [6, 6.07) is 23.5. The van der Waals surface area contributed by atoms with Gasteiger partial charge in [-0.05, 0) is 90.0 Å². The Bertz CT molecular complexity index is 2720. The minimum atomic E-state index is -4.99. The topological polar surface area (TPSA) is 223 Å². The number of azo groups is 2. The molecule has 0 radical (unpaired) electrons. The maximum Gasteiger partial charge on any atom is 0.296 e. The summed E-state index contributed by atoms with van der Waals surface area (Å²) in [5.74, 6) is -0.606. The number of anilines is 2. The molecule has 14 nitrogen and oxygen atoms in total. The first kappa shape index (κ1) is 35.9. The van der Waals surface area contributed by atoms with Gasteiger partial charge in [0, 0.05) is 30.6 Å². The third kappa shape index (κ3) is 6.74. The quantitative estimate of drug-likeness (QED) is 0.0609. The van der Waals surface area contributed by atoms with Gasteiger partial charge in [0.15, 0.2) is 11.5 Å². The summed E-state index contributed by atoms with van der Waals surface area (Å²) in [7, 11) is -6.87. The Morgan fingerprint density at radius 1 is 0.558 bits per heavy atom. The van der Waals surface area contributed by atoms with E-state index in [1.54, 1.807) is 19.2 Å². The molecule has 0 aromatic heterocycles. The van der Waals surface area contributed by atoms with Crippen molar-refractivity contribution >= 4 is 75.9 Å². The molecule has 52 heavy (non-hydrogen) atoms. The predicted octanol–water partition coefficient (Wildman–Crippen LogP) is 9.10. The smallest absolute Gasteiger partial charge is 0.296 e. The normalized spacial score (nSPS) is 12.3. The molecule has 0 atom stereocenters. The van der Waals surface area contributed by atoms with E-state index in [2.05, 4.69) is 31.1 Å². The molecule has 0 heterocycles. The zero-order chi connectivity index (χ0) is 37.5. The summed E-state index contributed by atoms with van der Waals surface area (Å²) in [6.07, 6.45) is 0. The van der Waals surface area contributed by atoms with Gasteiger partial charge in [0.2, 0.25) is 0 Å². The Morgan fingerprint density at radius 2 is 1.06 bits per heavy atom. The van der Waals surface area contributed by atoms with Crippen molar-refractivity contribution in [2.45, 2.75) is 23.6 Å². The highest BCUT2D eigenvalue weighted by atomic mass is 32.2. The van der Waals surface area contributed by atoms with Crippen LogP contribution in [0.15, 0.2) is 115 Å². The van der Waals surface area contributed by atoms with Gasteiger partial charge in [0.1, 0.15) is 21.2 Å². The molecule has 0 saturated heterocycles. The van der Waals surface area contributed by atoms with Crippen molar-refractivity contribution in [2.24, 2.45) is 20.5 Å². The molecule has 0 unspecified atom stereocenters. The second-order valence-corrected chi connectivity index (χ2v) is 14.6. The molecule has 6 aromatic carbocycles. The average molecular weight is 741 g/mol. The van der Waals surface area contributed by atoms with Gasteiger partial charge in [-0.1, -0.05) is 36.4 Å². The number of benzene rings is 6. The molecule has 0 spiro atoms. The summed E-state index contributed by atoms with van der Waals surface area (Å²) < 4.78 is 67.9. The molecule has 6 aromatic rings. The van der Waals surface area contributed by atoms with Gasteiger partial charge in [-0.2, -0.15) is 27.1 Å². The molecular formula is C36H32N6O8S2. The Labute approximate surface area is 298 Å². The molecule has 16 heteroatoms. The Morgan fingerprint density at radius 3 is 1.56 bits per heavy atom. The first-order chi connectivity index (χ1) is 24.6. The van der Waals surface area contributed by atoms with Crippen molar-refractivity contribution < 1.29 is 36.2 Å². The van der Waals surface area contributed by atoms with E-state index in [4.69, 9.17) is 0 Å². The van der Waals surface area contributed by atoms with Gasteiger partial charge < -0.3 is 20.8 Å². The van der Waals surface area contributed by atoms with E-state index in [0.717, 1.165) is 33.3 Å². The van der Waals surface area contributed by atoms with Crippen LogP contribution in [0, 0.1) is 13.8 Å². The number of phenols is 2. The van der Waals surface area contributed by atoms with Crippen LogP contribution in [0.3, 0.4) is 0 Å². The van der Waals surface area contributed by atoms with Crippen LogP contribution in [0.1, 0.15) is 11.1 Å². The van der Waals surface area contributed by atoms with Gasteiger partial charge in [-0.3, -0.25) is 9.11 Å². The largest absolute Gasteiger partial charge is 0.505 e. The number of phenolic OH excluding ortho intramolecular Hbond substituents is 2. The highest BCUT2D eigenvalue weighted by Crippen LogP contribution is 2.45. The van der Waals surface area contributed by atoms with Crippen molar-refractivity contribution in [1.29, 1.82) is 0 Å². The number of aryl methyl sites for hydroxylation is 2. The predicted molar refractivity (Wildman–Crippen MR) is 200 cm³/mol. The minimum absolute atomic E-state index is 0.0318. The standard InChI is InChI=1S/C36H32N6O8S2/c1-19-16-22(9-12-25(19)39-41-28-14-8-21-6-5-7-27(37-3)32(21)35(28)43)23-10-13-26(20(2)17-23)40-42-29-15-11-24-30(51(45,46)47)18-31(52(48,49)50)34(38-4)33(24)36(29)44/h5-18,37-38,43-44H,1-4H3,(H,45,46,47)(H,48,49,50). The SMILES string of the molecule is CNc1cccc2ccc(N=Nc3ccc(-c4ccc(N=Nc5ccc6c(S(=O)(=O)O)cc(S(=O)(=O)O)c(NC)c6c5O)c(C)c4)cc3C)c(O)c12. The number of aromatic hydroxyl groups is 2. The molecule has 6 N–H and O–H groups in total. The van der Waals surface area contributed by atoms with Crippen LogP contribution < -0.4 is 10.6 Å². The van der Waals surface area contributed by atoms with Gasteiger partial charge >= 0.3 is 0 Å². The molecule has 0 saturated carbocycles. The number of fused-ring (bicyclic) bond motifs is 2. The Kier molecular flexibility index (Phi) is 9.41. The van der Waals surface area contributed by atoms with Gasteiger partial charge in [0.25, 0.3) is 20.2 Å². The Balaban J connectivity index is 1.29. The summed E-state index contributed by atoms with van der Waals surface area (Å²) in [5, 5.41) is 45.8.